The molecule has 0 aromatic heterocycles. The van der Waals surface area contributed by atoms with E-state index < -0.39 is 6.10 Å². The number of carbonyl (C=O) groups excluding carboxylic acids is 3. The zero-order chi connectivity index (χ0) is 47.9. The van der Waals surface area contributed by atoms with Crippen molar-refractivity contribution in [1.29, 1.82) is 0 Å². The molecule has 0 N–H and O–H groups in total. The van der Waals surface area contributed by atoms with Gasteiger partial charge in [0.05, 0.1) is 0 Å². The number of esters is 3. The van der Waals surface area contributed by atoms with Crippen molar-refractivity contribution in [3.05, 3.63) is 85.1 Å². The Labute approximate surface area is 407 Å². The first kappa shape index (κ1) is 62.6. The minimum absolute atomic E-state index is 0.0923. The van der Waals surface area contributed by atoms with Crippen molar-refractivity contribution >= 4 is 17.9 Å². The standard InChI is InChI=1S/C60H102O6/c1-4-7-10-13-16-19-22-24-26-28-30-32-33-35-38-41-44-47-50-53-59(62)65-56-57(55-64-58(61)52-49-46-43-40-37-21-18-15-12-9-6-3)66-60(63)54-51-48-45-42-39-36-34-31-29-27-25-23-20-17-14-11-8-5-2/h7,10,15-16,18-19,24,26-27,29-32,34,57H,4-6,8-9,11-14,17,20-23,25,28,33,35-56H2,1-3H3/b10-7-,18-15-,19-16-,26-24-,29-27-,32-30-,34-31-. The van der Waals surface area contributed by atoms with E-state index >= 15 is 0 Å². The average Bonchev–Trinajstić information content (AvgIpc) is 3.31. The molecule has 0 fully saturated rings. The van der Waals surface area contributed by atoms with E-state index in [0.717, 1.165) is 122 Å². The van der Waals surface area contributed by atoms with Crippen molar-refractivity contribution in [3.8, 4) is 0 Å². The zero-order valence-corrected chi connectivity index (χ0v) is 43.2. The van der Waals surface area contributed by atoms with Crippen molar-refractivity contribution in [3.63, 3.8) is 0 Å². The summed E-state index contributed by atoms with van der Waals surface area (Å²) in [7, 11) is 0. The van der Waals surface area contributed by atoms with E-state index in [4.69, 9.17) is 14.2 Å². The predicted molar refractivity (Wildman–Crippen MR) is 284 cm³/mol. The lowest BCUT2D eigenvalue weighted by Gasteiger charge is -2.18. The summed E-state index contributed by atoms with van der Waals surface area (Å²) in [5, 5.41) is 0. The normalized spacial score (nSPS) is 12.7. The summed E-state index contributed by atoms with van der Waals surface area (Å²) in [5.41, 5.74) is 0. The number of ether oxygens (including phenoxy) is 3. The largest absolute Gasteiger partial charge is 0.462 e. The van der Waals surface area contributed by atoms with Crippen molar-refractivity contribution in [1.82, 2.24) is 0 Å². The third-order valence-electron chi connectivity index (χ3n) is 11.6. The Hall–Kier alpha value is -3.41. The van der Waals surface area contributed by atoms with Crippen LogP contribution >= 0.6 is 0 Å². The molecule has 0 aromatic rings. The third kappa shape index (κ3) is 51.6. The Morgan fingerprint density at radius 1 is 0.333 bits per heavy atom. The van der Waals surface area contributed by atoms with Crippen LogP contribution in [0.2, 0.25) is 0 Å². The van der Waals surface area contributed by atoms with Gasteiger partial charge in [-0.3, -0.25) is 14.4 Å². The Morgan fingerprint density at radius 3 is 1.08 bits per heavy atom. The van der Waals surface area contributed by atoms with E-state index in [9.17, 15) is 14.4 Å². The van der Waals surface area contributed by atoms with Gasteiger partial charge in [-0.15, -0.1) is 0 Å². The van der Waals surface area contributed by atoms with E-state index in [1.54, 1.807) is 0 Å². The number of rotatable bonds is 49. The molecule has 1 unspecified atom stereocenters. The predicted octanol–water partition coefficient (Wildman–Crippen LogP) is 18.4. The highest BCUT2D eigenvalue weighted by Gasteiger charge is 2.19. The van der Waals surface area contributed by atoms with Crippen LogP contribution in [0.4, 0.5) is 0 Å². The van der Waals surface area contributed by atoms with Crippen LogP contribution in [0.1, 0.15) is 258 Å². The van der Waals surface area contributed by atoms with Gasteiger partial charge in [-0.25, -0.2) is 0 Å². The van der Waals surface area contributed by atoms with Gasteiger partial charge in [-0.1, -0.05) is 221 Å². The number of allylic oxidation sites excluding steroid dienone is 14. The molecule has 0 aliphatic heterocycles. The maximum atomic E-state index is 12.8. The summed E-state index contributed by atoms with van der Waals surface area (Å²) in [6, 6.07) is 0. The van der Waals surface area contributed by atoms with Crippen LogP contribution in [0.5, 0.6) is 0 Å². The number of hydrogen-bond donors (Lipinski definition) is 0. The molecule has 0 bridgehead atoms. The number of unbranched alkanes of at least 4 members (excludes halogenated alkanes) is 25. The third-order valence-corrected chi connectivity index (χ3v) is 11.6. The molecule has 0 aromatic carbocycles. The second kappa shape index (κ2) is 54.2. The van der Waals surface area contributed by atoms with Crippen molar-refractivity contribution in [2.45, 2.75) is 264 Å². The molecule has 0 saturated carbocycles. The highest BCUT2D eigenvalue weighted by atomic mass is 16.6. The quantitative estimate of drug-likeness (QED) is 0.0199. The van der Waals surface area contributed by atoms with E-state index in [-0.39, 0.29) is 31.1 Å². The molecule has 6 nitrogen and oxygen atoms in total. The monoisotopic (exact) mass is 919 g/mol. The van der Waals surface area contributed by atoms with Crippen LogP contribution < -0.4 is 0 Å². The Balaban J connectivity index is 4.41. The topological polar surface area (TPSA) is 78.9 Å². The summed E-state index contributed by atoms with van der Waals surface area (Å²) < 4.78 is 16.8. The molecular formula is C60H102O6. The first-order valence-electron chi connectivity index (χ1n) is 27.6. The van der Waals surface area contributed by atoms with E-state index in [2.05, 4.69) is 106 Å². The van der Waals surface area contributed by atoms with Crippen LogP contribution in [-0.4, -0.2) is 37.2 Å². The lowest BCUT2D eigenvalue weighted by atomic mass is 10.1. The van der Waals surface area contributed by atoms with E-state index in [0.29, 0.717) is 19.3 Å². The first-order chi connectivity index (χ1) is 32.5. The van der Waals surface area contributed by atoms with Gasteiger partial charge >= 0.3 is 17.9 Å². The van der Waals surface area contributed by atoms with E-state index in [1.807, 2.05) is 0 Å². The molecule has 1 atom stereocenters. The SMILES string of the molecule is CC/C=C\C/C=C\C/C=C\C/C=C\CCCCCCCCC(=O)OCC(COC(=O)CCCCCCC/C=C\CCCC)OC(=O)CCCCCCC/C=C\C=C/CCCCCCCCC. The number of carbonyl (C=O) groups is 3. The average molecular weight is 919 g/mol. The van der Waals surface area contributed by atoms with Gasteiger partial charge in [0.1, 0.15) is 13.2 Å². The molecule has 378 valence electrons. The Kier molecular flexibility index (Phi) is 51.4. The molecule has 66 heavy (non-hydrogen) atoms. The fraction of sp³-hybridized carbons (Fsp3) is 0.717. The van der Waals surface area contributed by atoms with Crippen LogP contribution in [0, 0.1) is 0 Å². The minimum atomic E-state index is -0.794. The van der Waals surface area contributed by atoms with Gasteiger partial charge in [-0.05, 0) is 103 Å². The number of hydrogen-bond acceptors (Lipinski definition) is 6. The van der Waals surface area contributed by atoms with Crippen LogP contribution in [0.25, 0.3) is 0 Å². The van der Waals surface area contributed by atoms with Gasteiger partial charge in [-0.2, -0.15) is 0 Å². The molecular weight excluding hydrogens is 817 g/mol. The van der Waals surface area contributed by atoms with Crippen LogP contribution in [-0.2, 0) is 28.6 Å². The van der Waals surface area contributed by atoms with Crippen molar-refractivity contribution in [2.75, 3.05) is 13.2 Å². The second-order valence-electron chi connectivity index (χ2n) is 18.1. The maximum absolute atomic E-state index is 12.8. The molecule has 0 spiro atoms. The van der Waals surface area contributed by atoms with E-state index in [1.165, 1.54) is 96.3 Å². The molecule has 6 heteroatoms. The fourth-order valence-electron chi connectivity index (χ4n) is 7.46. The highest BCUT2D eigenvalue weighted by Crippen LogP contribution is 2.14. The maximum Gasteiger partial charge on any atom is 0.306 e. The molecule has 0 rings (SSSR count). The summed E-state index contributed by atoms with van der Waals surface area (Å²) in [4.78, 5) is 38.0. The molecule has 0 saturated heterocycles. The summed E-state index contributed by atoms with van der Waals surface area (Å²) in [5.74, 6) is -0.929. The van der Waals surface area contributed by atoms with Crippen molar-refractivity contribution < 1.29 is 28.6 Å². The zero-order valence-electron chi connectivity index (χ0n) is 43.2. The molecule has 0 aliphatic rings. The first-order valence-corrected chi connectivity index (χ1v) is 27.6. The Morgan fingerprint density at radius 2 is 0.652 bits per heavy atom. The molecule has 0 radical (unpaired) electrons. The smallest absolute Gasteiger partial charge is 0.306 e. The van der Waals surface area contributed by atoms with Gasteiger partial charge in [0, 0.05) is 19.3 Å². The summed E-state index contributed by atoms with van der Waals surface area (Å²) in [6.45, 7) is 6.45. The second-order valence-corrected chi connectivity index (χ2v) is 18.1. The summed E-state index contributed by atoms with van der Waals surface area (Å²) in [6.07, 6.45) is 70.0. The minimum Gasteiger partial charge on any atom is -0.462 e. The lowest BCUT2D eigenvalue weighted by molar-refractivity contribution is -0.167. The Bertz CT molecular complexity index is 1290. The van der Waals surface area contributed by atoms with Crippen molar-refractivity contribution in [2.24, 2.45) is 0 Å². The van der Waals surface area contributed by atoms with Gasteiger partial charge in [0.15, 0.2) is 6.10 Å². The fourth-order valence-corrected chi connectivity index (χ4v) is 7.46. The van der Waals surface area contributed by atoms with Crippen LogP contribution in [0.3, 0.4) is 0 Å². The molecule has 0 amide bonds. The lowest BCUT2D eigenvalue weighted by Crippen LogP contribution is -2.30. The van der Waals surface area contributed by atoms with Crippen LogP contribution in [0.15, 0.2) is 85.1 Å². The highest BCUT2D eigenvalue weighted by molar-refractivity contribution is 5.71. The van der Waals surface area contributed by atoms with Gasteiger partial charge in [0.25, 0.3) is 0 Å². The van der Waals surface area contributed by atoms with Gasteiger partial charge in [0.2, 0.25) is 0 Å². The molecule has 0 heterocycles. The van der Waals surface area contributed by atoms with Gasteiger partial charge < -0.3 is 14.2 Å². The summed E-state index contributed by atoms with van der Waals surface area (Å²) >= 11 is 0. The molecule has 0 aliphatic carbocycles.